The summed E-state index contributed by atoms with van der Waals surface area (Å²) in [7, 11) is 0. The van der Waals surface area contributed by atoms with Crippen molar-refractivity contribution in [2.24, 2.45) is 5.92 Å². The van der Waals surface area contributed by atoms with Crippen LogP contribution in [-0.2, 0) is 9.59 Å². The fraction of sp³-hybridized carbons (Fsp3) is 0.560. The highest BCUT2D eigenvalue weighted by Gasteiger charge is 2.22. The molecule has 172 valence electrons. The molecule has 31 heavy (non-hydrogen) atoms. The number of Topliss-reactive ketones (excluding diaryl/α,β-unsaturated/α-hetero) is 1. The Kier molecular flexibility index (Phi) is 13.7. The molecular formula is C25H35NO5-2. The SMILES string of the molecule is CCCCCCCCCC/C=C/CCCNc1ccc(C(=O)C(C(=O)[O-])C(=O)[O-])cc1. The Hall–Kier alpha value is -2.63. The maximum atomic E-state index is 12.0. The van der Waals surface area contributed by atoms with Gasteiger partial charge in [0.05, 0.1) is 11.9 Å². The van der Waals surface area contributed by atoms with Crippen LogP contribution in [0.5, 0.6) is 0 Å². The van der Waals surface area contributed by atoms with Gasteiger partial charge < -0.3 is 25.1 Å². The molecule has 6 nitrogen and oxygen atoms in total. The molecule has 0 fully saturated rings. The predicted octanol–water partition coefficient (Wildman–Crippen LogP) is 3.26. The summed E-state index contributed by atoms with van der Waals surface area (Å²) in [5.41, 5.74) is 0.769. The molecule has 0 aliphatic rings. The average Bonchev–Trinajstić information content (AvgIpc) is 2.74. The minimum atomic E-state index is -2.30. The van der Waals surface area contributed by atoms with Gasteiger partial charge in [-0.2, -0.15) is 0 Å². The van der Waals surface area contributed by atoms with Crippen LogP contribution in [0, 0.1) is 5.92 Å². The third kappa shape index (κ3) is 11.4. The highest BCUT2D eigenvalue weighted by atomic mass is 16.4. The van der Waals surface area contributed by atoms with Gasteiger partial charge in [-0.15, -0.1) is 0 Å². The molecule has 0 saturated heterocycles. The van der Waals surface area contributed by atoms with Crippen LogP contribution in [0.25, 0.3) is 0 Å². The molecule has 0 bridgehead atoms. The van der Waals surface area contributed by atoms with E-state index in [4.69, 9.17) is 0 Å². The Bertz CT molecular complexity index is 682. The van der Waals surface area contributed by atoms with Crippen LogP contribution in [0.15, 0.2) is 36.4 Å². The number of unbranched alkanes of at least 4 members (excludes halogenated alkanes) is 9. The van der Waals surface area contributed by atoms with Crippen LogP contribution in [0.3, 0.4) is 0 Å². The lowest BCUT2D eigenvalue weighted by Crippen LogP contribution is -2.47. The van der Waals surface area contributed by atoms with E-state index in [9.17, 15) is 24.6 Å². The molecule has 1 rings (SSSR count). The number of carboxylic acid groups (broad SMARTS) is 2. The highest BCUT2D eigenvalue weighted by Crippen LogP contribution is 2.14. The summed E-state index contributed by atoms with van der Waals surface area (Å²) in [6.45, 7) is 3.00. The molecule has 0 aliphatic carbocycles. The van der Waals surface area contributed by atoms with Crippen molar-refractivity contribution < 1.29 is 24.6 Å². The molecule has 0 unspecified atom stereocenters. The molecule has 1 aromatic rings. The number of carbonyl (C=O) groups is 3. The summed E-state index contributed by atoms with van der Waals surface area (Å²) < 4.78 is 0. The Labute approximate surface area is 185 Å². The van der Waals surface area contributed by atoms with Gasteiger partial charge in [0.2, 0.25) is 0 Å². The highest BCUT2D eigenvalue weighted by molar-refractivity contribution is 6.19. The number of ketones is 1. The van der Waals surface area contributed by atoms with Gasteiger partial charge in [-0.3, -0.25) is 4.79 Å². The van der Waals surface area contributed by atoms with E-state index in [0.717, 1.165) is 31.5 Å². The fourth-order valence-electron chi connectivity index (χ4n) is 3.31. The minimum Gasteiger partial charge on any atom is -0.549 e. The van der Waals surface area contributed by atoms with Crippen molar-refractivity contribution in [1.29, 1.82) is 0 Å². The van der Waals surface area contributed by atoms with E-state index in [-0.39, 0.29) is 5.56 Å². The van der Waals surface area contributed by atoms with Crippen molar-refractivity contribution in [3.05, 3.63) is 42.0 Å². The van der Waals surface area contributed by atoms with Crippen molar-refractivity contribution in [3.63, 3.8) is 0 Å². The van der Waals surface area contributed by atoms with E-state index >= 15 is 0 Å². The van der Waals surface area contributed by atoms with Crippen LogP contribution in [-0.4, -0.2) is 24.3 Å². The fourth-order valence-corrected chi connectivity index (χ4v) is 3.31. The third-order valence-electron chi connectivity index (χ3n) is 5.17. The van der Waals surface area contributed by atoms with E-state index in [2.05, 4.69) is 24.4 Å². The number of aliphatic carboxylic acids is 2. The molecule has 0 radical (unpaired) electrons. The zero-order valence-electron chi connectivity index (χ0n) is 18.6. The molecule has 1 aromatic carbocycles. The standard InChI is InChI=1S/C25H37NO5/c1-2-3-4-5-6-7-8-9-10-11-12-13-14-19-26-21-17-15-20(16-18-21)23(27)22(24(28)29)25(30)31/h11-12,15-18,22,26H,2-10,13-14,19H2,1H3,(H,28,29)(H,30,31)/p-2/b12-11+. The lowest BCUT2D eigenvalue weighted by atomic mass is 9.97. The second kappa shape index (κ2) is 16.1. The Morgan fingerprint density at radius 3 is 1.87 bits per heavy atom. The zero-order valence-corrected chi connectivity index (χ0v) is 18.6. The molecule has 0 aromatic heterocycles. The molecule has 0 saturated carbocycles. The average molecular weight is 430 g/mol. The van der Waals surface area contributed by atoms with Gasteiger partial charge in [-0.05, 0) is 49.9 Å². The molecule has 6 heteroatoms. The maximum Gasteiger partial charge on any atom is 0.177 e. The monoisotopic (exact) mass is 429 g/mol. The van der Waals surface area contributed by atoms with E-state index in [1.165, 1.54) is 63.5 Å². The van der Waals surface area contributed by atoms with E-state index in [1.54, 1.807) is 12.1 Å². The van der Waals surface area contributed by atoms with Crippen LogP contribution in [0.4, 0.5) is 5.69 Å². The third-order valence-corrected chi connectivity index (χ3v) is 5.17. The Morgan fingerprint density at radius 2 is 1.32 bits per heavy atom. The first-order valence-corrected chi connectivity index (χ1v) is 11.4. The van der Waals surface area contributed by atoms with Crippen molar-refractivity contribution in [2.45, 2.75) is 77.6 Å². The van der Waals surface area contributed by atoms with Gasteiger partial charge in [-0.25, -0.2) is 0 Å². The van der Waals surface area contributed by atoms with Crippen molar-refractivity contribution in [3.8, 4) is 0 Å². The number of allylic oxidation sites excluding steroid dienone is 2. The second-order valence-corrected chi connectivity index (χ2v) is 7.82. The quantitative estimate of drug-likeness (QED) is 0.166. The predicted molar refractivity (Wildman–Crippen MR) is 118 cm³/mol. The maximum absolute atomic E-state index is 12.0. The summed E-state index contributed by atoms with van der Waals surface area (Å²) in [4.78, 5) is 33.6. The summed E-state index contributed by atoms with van der Waals surface area (Å²) in [5, 5.41) is 24.8. The van der Waals surface area contributed by atoms with Crippen LogP contribution < -0.4 is 15.5 Å². The molecule has 0 atom stereocenters. The van der Waals surface area contributed by atoms with Crippen LogP contribution in [0.2, 0.25) is 0 Å². The number of hydrogen-bond acceptors (Lipinski definition) is 6. The van der Waals surface area contributed by atoms with Gasteiger partial charge in [0.15, 0.2) is 5.78 Å². The topological polar surface area (TPSA) is 109 Å². The Balaban J connectivity index is 2.16. The lowest BCUT2D eigenvalue weighted by molar-refractivity contribution is -0.328. The number of rotatable bonds is 18. The normalized spacial score (nSPS) is 11.2. The van der Waals surface area contributed by atoms with E-state index < -0.39 is 23.6 Å². The molecule has 1 N–H and O–H groups in total. The van der Waals surface area contributed by atoms with Crippen molar-refractivity contribution >= 4 is 23.4 Å². The minimum absolute atomic E-state index is 0.00663. The molecule has 0 amide bonds. The van der Waals surface area contributed by atoms with Gasteiger partial charge in [-0.1, -0.05) is 64.0 Å². The lowest BCUT2D eigenvalue weighted by Gasteiger charge is -2.17. The van der Waals surface area contributed by atoms with Gasteiger partial charge in [0.1, 0.15) is 5.92 Å². The second-order valence-electron chi connectivity index (χ2n) is 7.82. The van der Waals surface area contributed by atoms with Crippen LogP contribution >= 0.6 is 0 Å². The number of hydrogen-bond donors (Lipinski definition) is 1. The summed E-state index contributed by atoms with van der Waals surface area (Å²) in [5.74, 6) is -7.28. The zero-order chi connectivity index (χ0) is 22.9. The largest absolute Gasteiger partial charge is 0.549 e. The number of nitrogens with one attached hydrogen (secondary N) is 1. The summed E-state index contributed by atoms with van der Waals surface area (Å²) in [6.07, 6.45) is 18.2. The van der Waals surface area contributed by atoms with Gasteiger partial charge >= 0.3 is 0 Å². The first kappa shape index (κ1) is 26.4. The molecule has 0 aliphatic heterocycles. The number of carboxylic acids is 2. The molecule has 0 spiro atoms. The van der Waals surface area contributed by atoms with Gasteiger partial charge in [0, 0.05) is 17.8 Å². The Morgan fingerprint density at radius 1 is 0.806 bits per heavy atom. The number of carbonyl (C=O) groups excluding carboxylic acids is 3. The molecule has 0 heterocycles. The summed E-state index contributed by atoms with van der Waals surface area (Å²) in [6, 6.07) is 6.03. The molecular weight excluding hydrogens is 394 g/mol. The van der Waals surface area contributed by atoms with Crippen molar-refractivity contribution in [1.82, 2.24) is 0 Å². The number of anilines is 1. The summed E-state index contributed by atoms with van der Waals surface area (Å²) >= 11 is 0. The number of benzene rings is 1. The van der Waals surface area contributed by atoms with Crippen LogP contribution in [0.1, 0.15) is 87.9 Å². The smallest absolute Gasteiger partial charge is 0.177 e. The first-order chi connectivity index (χ1) is 15.0. The first-order valence-electron chi connectivity index (χ1n) is 11.4. The van der Waals surface area contributed by atoms with Crippen molar-refractivity contribution in [2.75, 3.05) is 11.9 Å². The van der Waals surface area contributed by atoms with E-state index in [0.29, 0.717) is 0 Å². The van der Waals surface area contributed by atoms with E-state index in [1.807, 2.05) is 0 Å². The van der Waals surface area contributed by atoms with Gasteiger partial charge in [0.25, 0.3) is 0 Å².